The molecule has 0 radical (unpaired) electrons. The molecule has 0 saturated carbocycles. The van der Waals surface area contributed by atoms with Crippen molar-refractivity contribution in [3.05, 3.63) is 35.9 Å². The van der Waals surface area contributed by atoms with Crippen molar-refractivity contribution in [2.45, 2.75) is 32.4 Å². The third-order valence-electron chi connectivity index (χ3n) is 3.66. The van der Waals surface area contributed by atoms with Gasteiger partial charge in [0.15, 0.2) is 0 Å². The van der Waals surface area contributed by atoms with E-state index in [-0.39, 0.29) is 12.1 Å². The number of benzene rings is 1. The fourth-order valence-corrected chi connectivity index (χ4v) is 2.42. The minimum absolute atomic E-state index is 0.129. The van der Waals surface area contributed by atoms with Gasteiger partial charge in [-0.25, -0.2) is 4.79 Å². The van der Waals surface area contributed by atoms with Crippen LogP contribution in [0.25, 0.3) is 0 Å². The zero-order chi connectivity index (χ0) is 13.7. The molecule has 0 bridgehead atoms. The van der Waals surface area contributed by atoms with Crippen molar-refractivity contribution >= 4 is 6.09 Å². The molecule has 1 aromatic rings. The standard InChI is InChI=1S/C15H22N2O2/c1-12(16)14-8-5-9-17(10-14)15(18)19-11-13-6-3-2-4-7-13/h2-4,6-7,12,14H,5,8-11,16H2,1H3. The van der Waals surface area contributed by atoms with Gasteiger partial charge in [0.25, 0.3) is 0 Å². The van der Waals surface area contributed by atoms with E-state index < -0.39 is 0 Å². The van der Waals surface area contributed by atoms with Crippen LogP contribution in [-0.4, -0.2) is 30.1 Å². The number of amides is 1. The third-order valence-corrected chi connectivity index (χ3v) is 3.66. The number of hydrogen-bond acceptors (Lipinski definition) is 3. The number of piperidine rings is 1. The number of nitrogens with two attached hydrogens (primary N) is 1. The minimum Gasteiger partial charge on any atom is -0.445 e. The lowest BCUT2D eigenvalue weighted by Crippen LogP contribution is -2.45. The van der Waals surface area contributed by atoms with Crippen LogP contribution in [0.5, 0.6) is 0 Å². The number of rotatable bonds is 3. The average molecular weight is 262 g/mol. The fourth-order valence-electron chi connectivity index (χ4n) is 2.42. The quantitative estimate of drug-likeness (QED) is 0.910. The van der Waals surface area contributed by atoms with E-state index in [1.165, 1.54) is 0 Å². The van der Waals surface area contributed by atoms with E-state index in [0.717, 1.165) is 24.9 Å². The number of carbonyl (C=O) groups is 1. The van der Waals surface area contributed by atoms with Gasteiger partial charge in [-0.05, 0) is 31.2 Å². The first-order chi connectivity index (χ1) is 9.16. The number of carbonyl (C=O) groups excluding carboxylic acids is 1. The monoisotopic (exact) mass is 262 g/mol. The van der Waals surface area contributed by atoms with Gasteiger partial charge in [0.2, 0.25) is 0 Å². The Morgan fingerprint density at radius 1 is 1.47 bits per heavy atom. The van der Waals surface area contributed by atoms with Crippen LogP contribution in [0.2, 0.25) is 0 Å². The highest BCUT2D eigenvalue weighted by molar-refractivity contribution is 5.67. The average Bonchev–Trinajstić information content (AvgIpc) is 2.46. The smallest absolute Gasteiger partial charge is 0.410 e. The van der Waals surface area contributed by atoms with Crippen LogP contribution in [-0.2, 0) is 11.3 Å². The molecule has 1 heterocycles. The van der Waals surface area contributed by atoms with Crippen LogP contribution < -0.4 is 5.73 Å². The Labute approximate surface area is 114 Å². The second-order valence-electron chi connectivity index (χ2n) is 5.25. The van der Waals surface area contributed by atoms with Crippen molar-refractivity contribution in [1.29, 1.82) is 0 Å². The maximum absolute atomic E-state index is 12.0. The van der Waals surface area contributed by atoms with Crippen molar-refractivity contribution in [2.24, 2.45) is 11.7 Å². The first-order valence-electron chi connectivity index (χ1n) is 6.88. The molecule has 1 aliphatic heterocycles. The molecule has 1 amide bonds. The van der Waals surface area contributed by atoms with E-state index >= 15 is 0 Å². The SMILES string of the molecule is CC(N)C1CCCN(C(=O)OCc2ccccc2)C1. The summed E-state index contributed by atoms with van der Waals surface area (Å²) in [6.45, 7) is 3.82. The molecule has 0 spiro atoms. The van der Waals surface area contributed by atoms with E-state index in [9.17, 15) is 4.79 Å². The minimum atomic E-state index is -0.228. The van der Waals surface area contributed by atoms with Gasteiger partial charge in [-0.15, -0.1) is 0 Å². The van der Waals surface area contributed by atoms with E-state index in [1.807, 2.05) is 37.3 Å². The zero-order valence-corrected chi connectivity index (χ0v) is 11.4. The molecule has 0 aliphatic carbocycles. The molecule has 2 unspecified atom stereocenters. The Morgan fingerprint density at radius 3 is 2.89 bits per heavy atom. The topological polar surface area (TPSA) is 55.6 Å². The van der Waals surface area contributed by atoms with Crippen LogP contribution in [0.1, 0.15) is 25.3 Å². The molecule has 2 rings (SSSR count). The number of ether oxygens (including phenoxy) is 1. The summed E-state index contributed by atoms with van der Waals surface area (Å²) in [7, 11) is 0. The van der Waals surface area contributed by atoms with E-state index in [4.69, 9.17) is 10.5 Å². The van der Waals surface area contributed by atoms with Gasteiger partial charge in [-0.3, -0.25) is 0 Å². The van der Waals surface area contributed by atoms with Crippen molar-refractivity contribution in [3.63, 3.8) is 0 Å². The van der Waals surface area contributed by atoms with Gasteiger partial charge in [-0.2, -0.15) is 0 Å². The van der Waals surface area contributed by atoms with Crippen LogP contribution >= 0.6 is 0 Å². The molecule has 4 nitrogen and oxygen atoms in total. The second kappa shape index (κ2) is 6.57. The predicted octanol–water partition coefficient (Wildman–Crippen LogP) is 2.38. The molecule has 19 heavy (non-hydrogen) atoms. The largest absolute Gasteiger partial charge is 0.445 e. The van der Waals surface area contributed by atoms with Crippen LogP contribution in [0.4, 0.5) is 4.79 Å². The van der Waals surface area contributed by atoms with Crippen molar-refractivity contribution in [2.75, 3.05) is 13.1 Å². The number of hydrogen-bond donors (Lipinski definition) is 1. The summed E-state index contributed by atoms with van der Waals surface area (Å²) in [5.41, 5.74) is 6.93. The van der Waals surface area contributed by atoms with Gasteiger partial charge in [0.1, 0.15) is 6.61 Å². The molecule has 4 heteroatoms. The van der Waals surface area contributed by atoms with Gasteiger partial charge in [-0.1, -0.05) is 30.3 Å². The Morgan fingerprint density at radius 2 is 2.21 bits per heavy atom. The molecule has 1 aromatic carbocycles. The van der Waals surface area contributed by atoms with E-state index in [1.54, 1.807) is 4.90 Å². The fraction of sp³-hybridized carbons (Fsp3) is 0.533. The molecule has 1 aliphatic rings. The summed E-state index contributed by atoms with van der Waals surface area (Å²) >= 11 is 0. The molecule has 2 N–H and O–H groups in total. The highest BCUT2D eigenvalue weighted by Gasteiger charge is 2.26. The Kier molecular flexibility index (Phi) is 4.80. The van der Waals surface area contributed by atoms with E-state index in [2.05, 4.69) is 0 Å². The summed E-state index contributed by atoms with van der Waals surface area (Å²) in [5, 5.41) is 0. The lowest BCUT2D eigenvalue weighted by molar-refractivity contribution is 0.0765. The maximum Gasteiger partial charge on any atom is 0.410 e. The van der Waals surface area contributed by atoms with Gasteiger partial charge < -0.3 is 15.4 Å². The summed E-state index contributed by atoms with van der Waals surface area (Å²) in [5.74, 6) is 0.387. The van der Waals surface area contributed by atoms with Crippen LogP contribution in [0.3, 0.4) is 0 Å². The summed E-state index contributed by atoms with van der Waals surface area (Å²) in [6, 6.07) is 9.86. The normalized spacial score (nSPS) is 20.9. The first kappa shape index (κ1) is 13.9. The first-order valence-corrected chi connectivity index (χ1v) is 6.88. The number of likely N-dealkylation sites (tertiary alicyclic amines) is 1. The summed E-state index contributed by atoms with van der Waals surface area (Å²) in [6.07, 6.45) is 1.88. The summed E-state index contributed by atoms with van der Waals surface area (Å²) in [4.78, 5) is 13.8. The van der Waals surface area contributed by atoms with Crippen LogP contribution in [0, 0.1) is 5.92 Å². The Hall–Kier alpha value is -1.55. The third kappa shape index (κ3) is 3.96. The molecule has 1 fully saturated rings. The lowest BCUT2D eigenvalue weighted by Gasteiger charge is -2.33. The molecule has 2 atom stereocenters. The zero-order valence-electron chi connectivity index (χ0n) is 11.4. The molecular formula is C15H22N2O2. The Balaban J connectivity index is 1.83. The lowest BCUT2D eigenvalue weighted by atomic mass is 9.92. The molecule has 0 aromatic heterocycles. The molecule has 104 valence electrons. The summed E-state index contributed by atoms with van der Waals surface area (Å²) < 4.78 is 5.34. The molecule has 1 saturated heterocycles. The van der Waals surface area contributed by atoms with Crippen LogP contribution in [0.15, 0.2) is 30.3 Å². The number of nitrogens with zero attached hydrogens (tertiary/aromatic N) is 1. The van der Waals surface area contributed by atoms with E-state index in [0.29, 0.717) is 19.1 Å². The maximum atomic E-state index is 12.0. The van der Waals surface area contributed by atoms with Gasteiger partial charge in [0.05, 0.1) is 0 Å². The highest BCUT2D eigenvalue weighted by Crippen LogP contribution is 2.19. The van der Waals surface area contributed by atoms with Crippen molar-refractivity contribution < 1.29 is 9.53 Å². The van der Waals surface area contributed by atoms with Crippen molar-refractivity contribution in [1.82, 2.24) is 4.90 Å². The van der Waals surface area contributed by atoms with Gasteiger partial charge >= 0.3 is 6.09 Å². The predicted molar refractivity (Wildman–Crippen MR) is 74.6 cm³/mol. The highest BCUT2D eigenvalue weighted by atomic mass is 16.6. The van der Waals surface area contributed by atoms with Gasteiger partial charge in [0, 0.05) is 19.1 Å². The second-order valence-corrected chi connectivity index (χ2v) is 5.25. The van der Waals surface area contributed by atoms with Crippen molar-refractivity contribution in [3.8, 4) is 0 Å². The molecular weight excluding hydrogens is 240 g/mol. The Bertz CT molecular complexity index is 406.